The smallest absolute Gasteiger partial charge is 0.319 e. The molecule has 5 aliphatic rings. The molecule has 4 fully saturated rings. The summed E-state index contributed by atoms with van der Waals surface area (Å²) < 4.78 is 26.8. The number of benzene rings is 3. The van der Waals surface area contributed by atoms with Crippen LogP contribution in [0.4, 0.5) is 10.2 Å². The molecule has 10 rings (SSSR count). The second kappa shape index (κ2) is 32.1. The van der Waals surface area contributed by atoms with Crippen LogP contribution < -0.4 is 30.8 Å². The number of aliphatic hydroxyl groups excluding tert-OH is 1. The number of aryl methyl sites for hydroxylation is 1. The Morgan fingerprint density at radius 3 is 2.36 bits per heavy atom. The van der Waals surface area contributed by atoms with E-state index in [1.807, 2.05) is 67.3 Å². The Morgan fingerprint density at radius 2 is 1.78 bits per heavy atom. The van der Waals surface area contributed by atoms with Gasteiger partial charge in [-0.05, 0) is 142 Å². The van der Waals surface area contributed by atoms with Crippen molar-refractivity contribution in [2.24, 2.45) is 16.3 Å². The van der Waals surface area contributed by atoms with Crippen LogP contribution in [0.2, 0.25) is 0 Å². The molecule has 3 saturated heterocycles. The zero-order valence-corrected chi connectivity index (χ0v) is 51.3. The first-order chi connectivity index (χ1) is 41.2. The van der Waals surface area contributed by atoms with Crippen LogP contribution in [-0.4, -0.2) is 130 Å². The van der Waals surface area contributed by atoms with Crippen molar-refractivity contribution in [3.05, 3.63) is 148 Å². The van der Waals surface area contributed by atoms with Crippen LogP contribution in [0.1, 0.15) is 152 Å². The van der Waals surface area contributed by atoms with Gasteiger partial charge in [-0.15, -0.1) is 0 Å². The molecular formula is C67H90FN11O6. The molecule has 5 aromatic rings. The Hall–Kier alpha value is -7.54. The summed E-state index contributed by atoms with van der Waals surface area (Å²) in [5, 5.41) is 47.5. The predicted molar refractivity (Wildman–Crippen MR) is 337 cm³/mol. The molecule has 18 heteroatoms. The number of nitrogens with one attached hydrogen (secondary N) is 3. The van der Waals surface area contributed by atoms with E-state index in [9.17, 15) is 19.8 Å². The summed E-state index contributed by atoms with van der Waals surface area (Å²) in [4.78, 5) is 34.4. The number of likely N-dealkylation sites (tertiary alicyclic amines) is 1. The summed E-state index contributed by atoms with van der Waals surface area (Å²) in [6, 6.07) is 19.7. The molecule has 2 bridgehead atoms. The summed E-state index contributed by atoms with van der Waals surface area (Å²) in [5.41, 5.74) is 7.39. The van der Waals surface area contributed by atoms with Crippen LogP contribution in [-0.2, 0) is 20.7 Å². The van der Waals surface area contributed by atoms with Gasteiger partial charge in [0.15, 0.2) is 0 Å². The minimum Gasteiger partial charge on any atom is -0.505 e. The molecule has 17 nitrogen and oxygen atoms in total. The number of hydrogen-bond acceptors (Lipinski definition) is 14. The zero-order chi connectivity index (χ0) is 61.0. The van der Waals surface area contributed by atoms with E-state index in [-0.39, 0.29) is 49.0 Å². The molecule has 456 valence electrons. The van der Waals surface area contributed by atoms with E-state index in [1.54, 1.807) is 25.5 Å². The van der Waals surface area contributed by atoms with Gasteiger partial charge in [-0.2, -0.15) is 20.2 Å². The van der Waals surface area contributed by atoms with Crippen LogP contribution in [0.15, 0.2) is 114 Å². The van der Waals surface area contributed by atoms with E-state index in [1.165, 1.54) is 25.3 Å². The van der Waals surface area contributed by atoms with Crippen molar-refractivity contribution >= 4 is 47.3 Å². The van der Waals surface area contributed by atoms with E-state index in [0.29, 0.717) is 76.9 Å². The number of allylic oxidation sites excluding steroid dienone is 7. The van der Waals surface area contributed by atoms with Crippen LogP contribution in [0.5, 0.6) is 11.8 Å². The number of carbonyl (C=O) groups excluding carboxylic acids is 2. The minimum atomic E-state index is -0.361. The summed E-state index contributed by atoms with van der Waals surface area (Å²) in [6.07, 6.45) is 23.6. The molecule has 1 saturated carbocycles. The number of phenols is 1. The molecule has 0 spiro atoms. The van der Waals surface area contributed by atoms with Gasteiger partial charge >= 0.3 is 6.01 Å². The number of piperazine rings is 1. The number of H-pyrrole nitrogens is 1. The Labute approximate surface area is 501 Å². The van der Waals surface area contributed by atoms with Crippen LogP contribution >= 0.6 is 0 Å². The first-order valence-corrected chi connectivity index (χ1v) is 30.3. The number of aromatic amines is 1. The van der Waals surface area contributed by atoms with Crippen molar-refractivity contribution in [2.75, 3.05) is 51.4 Å². The lowest BCUT2D eigenvalue weighted by Crippen LogP contribution is -2.44. The lowest BCUT2D eigenvalue weighted by Gasteiger charge is -2.30. The molecule has 7 atom stereocenters. The van der Waals surface area contributed by atoms with Gasteiger partial charge in [-0.3, -0.25) is 19.7 Å². The van der Waals surface area contributed by atoms with Crippen LogP contribution in [0.3, 0.4) is 0 Å². The highest BCUT2D eigenvalue weighted by Crippen LogP contribution is 2.48. The molecule has 3 aromatic carbocycles. The van der Waals surface area contributed by atoms with Crippen LogP contribution in [0, 0.1) is 5.92 Å². The van der Waals surface area contributed by atoms with Crippen molar-refractivity contribution in [3.63, 3.8) is 0 Å². The molecule has 4 aliphatic heterocycles. The lowest BCUT2D eigenvalue weighted by atomic mass is 9.97. The molecule has 0 radical (unpaired) electrons. The van der Waals surface area contributed by atoms with Crippen molar-refractivity contribution < 1.29 is 33.7 Å². The maximum atomic E-state index is 15.4. The molecule has 5 N–H and O–H groups in total. The monoisotopic (exact) mass is 1160 g/mol. The average molecular weight is 1160 g/mol. The summed E-state index contributed by atoms with van der Waals surface area (Å²) in [6.45, 7) is 24.1. The largest absolute Gasteiger partial charge is 0.505 e. The third kappa shape index (κ3) is 17.5. The standard InChI is InChI=1S/C42H52FN9O3.C16H19NO2.C6H11NO.C3H8/c1-24(2)26(4)52-22-38(49-50-52)29-11-9-27(10-12-29)7-6-8-31(43)16-37-30(19-45-48-37)15-35-34(28-13-14-28)18-36-39(40(35)53)46-42(55-23-25(3)54-5)47-41(36)51-21-32-17-33(51)20-44-32;1-3-5-13(6-4-2)14-7-9-15(10-8-14)16(11-18)17-12-19;1-6-3-2-4-7(6)5-8;1-3-2/h8-12,15-16,18-19,24-26,28,32-33,38,44,48,53H,6-7,13-14,17,20-23H2,1-5H3;3-10,12,16,18H,1,11H2,2H3,(H,17,19);5-6H,2-4H2,1H3;3H2,1-2H3/b30-15+,31-8-,37-16+;6-4-,13-5+;;/t25-,26?,32?,33?,38?;;;/m0.../s1. The first-order valence-electron chi connectivity index (χ1n) is 30.3. The summed E-state index contributed by atoms with van der Waals surface area (Å²) >= 11 is 0. The van der Waals surface area contributed by atoms with E-state index >= 15 is 4.39 Å². The number of fused-ring (bicyclic) bond motifs is 3. The van der Waals surface area contributed by atoms with Gasteiger partial charge in [0.05, 0.1) is 36.8 Å². The van der Waals surface area contributed by atoms with Gasteiger partial charge in [0.1, 0.15) is 35.6 Å². The summed E-state index contributed by atoms with van der Waals surface area (Å²) in [7, 11) is 1.64. The maximum absolute atomic E-state index is 15.4. The summed E-state index contributed by atoms with van der Waals surface area (Å²) in [5.74, 6) is 1.30. The number of anilines is 1. The van der Waals surface area contributed by atoms with Gasteiger partial charge in [-0.25, -0.2) is 4.39 Å². The quantitative estimate of drug-likeness (QED) is 0.0324. The highest BCUT2D eigenvalue weighted by molar-refractivity contribution is 5.97. The third-order valence-corrected chi connectivity index (χ3v) is 16.2. The fourth-order valence-corrected chi connectivity index (χ4v) is 10.7. The Morgan fingerprint density at radius 1 is 1.02 bits per heavy atom. The number of rotatable bonds is 22. The molecule has 2 amide bonds. The average Bonchev–Trinajstić information content (AvgIpc) is 2.32. The van der Waals surface area contributed by atoms with Gasteiger partial charge in [0.2, 0.25) is 12.8 Å². The highest BCUT2D eigenvalue weighted by atomic mass is 19.1. The number of carbonyl (C=O) groups is 2. The topological polar surface area (TPSA) is 206 Å². The second-order valence-electron chi connectivity index (χ2n) is 23.0. The van der Waals surface area contributed by atoms with Crippen molar-refractivity contribution in [2.45, 2.75) is 155 Å². The van der Waals surface area contributed by atoms with Crippen molar-refractivity contribution in [3.8, 4) is 11.8 Å². The SMILES string of the molecule is C=C/C=C(\C=C/C)c1ccc(C(CO)NC=O)cc1.CC1CCCN1C=O.CCC.CO[C@@H](C)COc1nc(N2CC3CC2CN3)c2cc(C3CC3)c(\C=c3/cn[nH]/c3=C/C(F)=C/CCc3ccc(C4CN(C(C)C(C)C)N=N4)cc3)c(O)c2n1. The van der Waals surface area contributed by atoms with Gasteiger partial charge in [0, 0.05) is 67.1 Å². The first kappa shape index (κ1) is 65.0. The van der Waals surface area contributed by atoms with Gasteiger partial charge < -0.3 is 40.1 Å². The number of aliphatic hydroxyl groups is 1. The Kier molecular flexibility index (Phi) is 24.6. The number of ether oxygens (including phenoxy) is 2. The normalized spacial score (nSPS) is 20.7. The molecule has 6 heterocycles. The number of hydrogen-bond donors (Lipinski definition) is 5. The predicted octanol–water partition coefficient (Wildman–Crippen LogP) is 10.4. The molecule has 85 heavy (non-hydrogen) atoms. The van der Waals surface area contributed by atoms with Crippen molar-refractivity contribution in [1.29, 1.82) is 0 Å². The maximum Gasteiger partial charge on any atom is 0.319 e. The van der Waals surface area contributed by atoms with E-state index in [2.05, 4.69) is 120 Å². The number of aromatic hydroxyl groups is 1. The molecule has 1 aliphatic carbocycles. The highest BCUT2D eigenvalue weighted by Gasteiger charge is 2.40. The zero-order valence-electron chi connectivity index (χ0n) is 51.3. The number of nitrogens with zero attached hydrogens (tertiary/aromatic N) is 8. The number of methoxy groups -OCH3 is 1. The number of aromatic nitrogens is 4. The minimum absolute atomic E-state index is 0.0366. The lowest BCUT2D eigenvalue weighted by molar-refractivity contribution is -0.118. The second-order valence-corrected chi connectivity index (χ2v) is 23.0. The van der Waals surface area contributed by atoms with E-state index in [4.69, 9.17) is 19.4 Å². The number of amides is 2. The van der Waals surface area contributed by atoms with E-state index < -0.39 is 0 Å². The van der Waals surface area contributed by atoms with E-state index in [0.717, 1.165) is 96.4 Å². The number of halogens is 1. The molecular weight excluding hydrogens is 1070 g/mol. The number of phenolic OH excluding ortho intramolecular Hbond substituents is 1. The fourth-order valence-electron chi connectivity index (χ4n) is 10.7. The fraction of sp³-hybridized carbons (Fsp3) is 0.478. The van der Waals surface area contributed by atoms with Crippen LogP contribution in [0.25, 0.3) is 28.6 Å². The Bertz CT molecular complexity index is 3230. The Balaban J connectivity index is 0.000000282. The van der Waals surface area contributed by atoms with Gasteiger partial charge in [0.25, 0.3) is 0 Å². The van der Waals surface area contributed by atoms with Gasteiger partial charge in [-0.1, -0.05) is 119 Å². The molecule has 6 unspecified atom stereocenters. The van der Waals surface area contributed by atoms with Crippen molar-refractivity contribution in [1.82, 2.24) is 40.7 Å². The third-order valence-electron chi connectivity index (χ3n) is 16.2. The molecule has 2 aromatic heterocycles.